The summed E-state index contributed by atoms with van der Waals surface area (Å²) in [5.41, 5.74) is -0.394. The van der Waals surface area contributed by atoms with Gasteiger partial charge in [-0.15, -0.1) is 0 Å². The number of nitrogens with one attached hydrogen (secondary N) is 2. The van der Waals surface area contributed by atoms with Gasteiger partial charge in [0.05, 0.1) is 9.79 Å². The largest absolute Gasteiger partial charge is 0.289 e. The lowest BCUT2D eigenvalue weighted by molar-refractivity contribution is 0.0978. The van der Waals surface area contributed by atoms with E-state index in [1.54, 1.807) is 9.44 Å². The van der Waals surface area contributed by atoms with E-state index in [9.17, 15) is 43.3 Å². The first kappa shape index (κ1) is 23.6. The standard InChI is InChI=1S/C16H10N2O10S4/c19-15-11-3-1-9(31(25,26)17-7-29(21)22)5-13(11)16(20)12-4-2-10(6-14(12)15)32(27,28)18-8-30(23)24/h1-8,17-18H. The second-order valence-corrected chi connectivity index (χ2v) is 11.0. The molecule has 2 aromatic rings. The minimum Gasteiger partial charge on any atom is -0.289 e. The second-order valence-electron chi connectivity index (χ2n) is 6.07. The fourth-order valence-corrected chi connectivity index (χ4v) is 5.74. The molecule has 168 valence electrons. The van der Waals surface area contributed by atoms with E-state index in [4.69, 9.17) is 0 Å². The van der Waals surface area contributed by atoms with E-state index in [2.05, 4.69) is 0 Å². The topological polar surface area (TPSA) is 195 Å². The number of hydrogen-bond donors (Lipinski definition) is 2. The molecule has 16 heteroatoms. The third-order valence-corrected chi connectivity index (χ3v) is 7.70. The summed E-state index contributed by atoms with van der Waals surface area (Å²) in [4.78, 5) is 24.7. The Labute approximate surface area is 184 Å². The highest BCUT2D eigenvalue weighted by Crippen LogP contribution is 2.30. The zero-order chi connectivity index (χ0) is 23.8. The Hall–Kier alpha value is -3.02. The highest BCUT2D eigenvalue weighted by atomic mass is 32.2. The van der Waals surface area contributed by atoms with Crippen molar-refractivity contribution in [2.24, 2.45) is 0 Å². The number of sulfonamides is 2. The van der Waals surface area contributed by atoms with E-state index in [0.29, 0.717) is 0 Å². The van der Waals surface area contributed by atoms with Gasteiger partial charge in [-0.1, -0.05) is 0 Å². The van der Waals surface area contributed by atoms with Gasteiger partial charge in [-0.2, -0.15) is 26.3 Å². The summed E-state index contributed by atoms with van der Waals surface area (Å²) in [7, 11) is -14.3. The zero-order valence-corrected chi connectivity index (χ0v) is 18.6. The number of hydrogen-bond acceptors (Lipinski definition) is 10. The van der Waals surface area contributed by atoms with E-state index in [1.165, 1.54) is 0 Å². The molecule has 0 fully saturated rings. The monoisotopic (exact) mass is 518 g/mol. The predicted octanol–water partition coefficient (Wildman–Crippen LogP) is -1.70. The van der Waals surface area contributed by atoms with E-state index in [-0.39, 0.29) is 33.2 Å². The summed E-state index contributed by atoms with van der Waals surface area (Å²) < 4.78 is 94.3. The second kappa shape index (κ2) is 8.49. The Balaban J connectivity index is 2.09. The average molecular weight is 519 g/mol. The Morgan fingerprint density at radius 2 is 0.938 bits per heavy atom. The number of carbonyl (C=O) groups excluding carboxylic acids is 2. The third kappa shape index (κ3) is 4.59. The highest BCUT2D eigenvalue weighted by Gasteiger charge is 2.32. The van der Waals surface area contributed by atoms with Gasteiger partial charge in [0.2, 0.25) is 40.6 Å². The van der Waals surface area contributed by atoms with Gasteiger partial charge in [0.25, 0.3) is 0 Å². The molecule has 32 heavy (non-hydrogen) atoms. The molecular weight excluding hydrogens is 508 g/mol. The van der Waals surface area contributed by atoms with Crippen LogP contribution in [0.4, 0.5) is 0 Å². The normalized spacial score (nSPS) is 13.1. The van der Waals surface area contributed by atoms with Crippen molar-refractivity contribution >= 4 is 63.2 Å². The summed E-state index contributed by atoms with van der Waals surface area (Å²) in [5, 5.41) is 0. The molecule has 1 aliphatic carbocycles. The smallest absolute Gasteiger partial charge is 0.245 e. The Kier molecular flexibility index (Phi) is 6.27. The van der Waals surface area contributed by atoms with Crippen molar-refractivity contribution in [3.05, 3.63) is 58.7 Å². The predicted molar refractivity (Wildman–Crippen MR) is 110 cm³/mol. The molecule has 0 bridgehead atoms. The molecule has 3 rings (SSSR count). The van der Waals surface area contributed by atoms with Crippen LogP contribution in [-0.2, 0) is 40.6 Å². The molecule has 0 heterocycles. The molecule has 0 radical (unpaired) electrons. The van der Waals surface area contributed by atoms with Crippen LogP contribution in [0, 0.1) is 0 Å². The minimum atomic E-state index is -4.35. The van der Waals surface area contributed by atoms with E-state index >= 15 is 0 Å². The minimum absolute atomic E-state index is 0.201. The summed E-state index contributed by atoms with van der Waals surface area (Å²) >= 11 is 0. The lowest BCUT2D eigenvalue weighted by Gasteiger charge is -2.19. The molecular formula is C16H10N2O10S4. The first-order valence-corrected chi connectivity index (χ1v) is 13.3. The van der Waals surface area contributed by atoms with E-state index in [0.717, 1.165) is 36.4 Å². The van der Waals surface area contributed by atoms with Crippen LogP contribution in [0.5, 0.6) is 0 Å². The maximum atomic E-state index is 12.8. The summed E-state index contributed by atoms with van der Waals surface area (Å²) in [5.74, 6) is -1.54. The quantitative estimate of drug-likeness (QED) is 0.355. The molecule has 2 N–H and O–H groups in total. The van der Waals surface area contributed by atoms with Crippen molar-refractivity contribution < 1.29 is 43.3 Å². The molecule has 2 aromatic carbocycles. The molecule has 0 aromatic heterocycles. The summed E-state index contributed by atoms with van der Waals surface area (Å²) in [6, 6.07) is 5.81. The molecule has 12 nitrogen and oxygen atoms in total. The van der Waals surface area contributed by atoms with Gasteiger partial charge in [-0.3, -0.25) is 9.59 Å². The van der Waals surface area contributed by atoms with Crippen molar-refractivity contribution in [1.29, 1.82) is 0 Å². The fraction of sp³-hybridized carbons (Fsp3) is 0. The van der Waals surface area contributed by atoms with Crippen molar-refractivity contribution in [1.82, 2.24) is 9.44 Å². The molecule has 0 saturated carbocycles. The Morgan fingerprint density at radius 1 is 0.594 bits per heavy atom. The van der Waals surface area contributed by atoms with Gasteiger partial charge in [-0.25, -0.2) is 16.8 Å². The lowest BCUT2D eigenvalue weighted by Crippen LogP contribution is -2.26. The van der Waals surface area contributed by atoms with Crippen LogP contribution in [0.25, 0.3) is 0 Å². The maximum absolute atomic E-state index is 12.8. The van der Waals surface area contributed by atoms with E-state index in [1.807, 2.05) is 0 Å². The highest BCUT2D eigenvalue weighted by molar-refractivity contribution is 7.91. The van der Waals surface area contributed by atoms with Gasteiger partial charge in [0.1, 0.15) is 11.0 Å². The Morgan fingerprint density at radius 3 is 1.25 bits per heavy atom. The maximum Gasteiger partial charge on any atom is 0.245 e. The lowest BCUT2D eigenvalue weighted by atomic mass is 9.84. The molecule has 0 spiro atoms. The molecule has 0 atom stereocenters. The number of fused-ring (bicyclic) bond motifs is 2. The molecule has 0 saturated heterocycles. The number of benzene rings is 2. The summed E-state index contributed by atoms with van der Waals surface area (Å²) in [6.45, 7) is 0. The van der Waals surface area contributed by atoms with E-state index < -0.39 is 62.0 Å². The first-order valence-electron chi connectivity index (χ1n) is 8.08. The number of rotatable bonds is 6. The molecule has 0 aliphatic heterocycles. The van der Waals surface area contributed by atoms with Crippen molar-refractivity contribution in [3.8, 4) is 0 Å². The van der Waals surface area contributed by atoms with Crippen LogP contribution in [0.15, 0.2) is 46.2 Å². The Bertz CT molecular complexity index is 1540. The van der Waals surface area contributed by atoms with Gasteiger partial charge < -0.3 is 0 Å². The number of carbonyl (C=O) groups is 2. The van der Waals surface area contributed by atoms with Crippen LogP contribution in [-0.4, -0.2) is 56.2 Å². The average Bonchev–Trinajstić information content (AvgIpc) is 2.74. The van der Waals surface area contributed by atoms with Crippen LogP contribution < -0.4 is 9.44 Å². The van der Waals surface area contributed by atoms with Gasteiger partial charge in [-0.05, 0) is 36.4 Å². The number of ketones is 2. The molecule has 0 unspecified atom stereocenters. The first-order chi connectivity index (χ1) is 14.8. The van der Waals surface area contributed by atoms with Crippen molar-refractivity contribution in [2.45, 2.75) is 9.79 Å². The van der Waals surface area contributed by atoms with Crippen LogP contribution in [0.2, 0.25) is 0 Å². The van der Waals surface area contributed by atoms with Crippen LogP contribution >= 0.6 is 0 Å². The SMILES string of the molecule is O=C1c2ccc(S(=O)(=O)NC=S(=O)=O)cc2C(=O)c2ccc(S(=O)(=O)NC=S(=O)=O)cc21. The zero-order valence-electron chi connectivity index (χ0n) is 15.3. The van der Waals surface area contributed by atoms with Gasteiger partial charge in [0, 0.05) is 22.3 Å². The van der Waals surface area contributed by atoms with Gasteiger partial charge in [0.15, 0.2) is 11.6 Å². The molecule has 1 aliphatic rings. The van der Waals surface area contributed by atoms with Gasteiger partial charge >= 0.3 is 0 Å². The van der Waals surface area contributed by atoms with Crippen molar-refractivity contribution in [3.63, 3.8) is 0 Å². The third-order valence-electron chi connectivity index (χ3n) is 4.18. The molecule has 0 amide bonds. The van der Waals surface area contributed by atoms with Crippen LogP contribution in [0.3, 0.4) is 0 Å². The van der Waals surface area contributed by atoms with Crippen LogP contribution in [0.1, 0.15) is 31.8 Å². The van der Waals surface area contributed by atoms with Crippen molar-refractivity contribution in [2.75, 3.05) is 0 Å². The fourth-order valence-electron chi connectivity index (χ4n) is 2.78. The summed E-state index contributed by atoms with van der Waals surface area (Å²) in [6.07, 6.45) is 0.